The Morgan fingerprint density at radius 1 is 0.833 bits per heavy atom. The van der Waals surface area contributed by atoms with Crippen LogP contribution in [-0.4, -0.2) is 8.42 Å². The standard InChI is InChI=1S/C12H10O3P2S/c13-18(14)9-5-1-3-7(16)11(9)15-12-8(17)4-2-6-10(12)18/h1-6H,16-17H2. The SMILES string of the molecule is O=S1(=O)c2cccc(P)c2Oc2c(P)cccc21. The first-order valence-corrected chi connectivity index (χ1v) is 7.85. The van der Waals surface area contributed by atoms with E-state index in [1.807, 2.05) is 0 Å². The predicted octanol–water partition coefficient (Wildman–Crippen LogP) is 1.63. The first-order valence-electron chi connectivity index (χ1n) is 5.22. The van der Waals surface area contributed by atoms with Crippen LogP contribution in [0.1, 0.15) is 0 Å². The van der Waals surface area contributed by atoms with Crippen molar-refractivity contribution in [2.24, 2.45) is 0 Å². The fraction of sp³-hybridized carbons (Fsp3) is 0. The van der Waals surface area contributed by atoms with Crippen molar-refractivity contribution >= 4 is 38.9 Å². The Morgan fingerprint density at radius 3 is 1.72 bits per heavy atom. The molecule has 3 nitrogen and oxygen atoms in total. The second kappa shape index (κ2) is 4.03. The zero-order valence-electron chi connectivity index (χ0n) is 9.25. The van der Waals surface area contributed by atoms with Crippen LogP contribution in [0.3, 0.4) is 0 Å². The molecule has 6 heteroatoms. The van der Waals surface area contributed by atoms with Gasteiger partial charge in [0.25, 0.3) is 0 Å². The Morgan fingerprint density at radius 2 is 1.28 bits per heavy atom. The van der Waals surface area contributed by atoms with E-state index >= 15 is 0 Å². The van der Waals surface area contributed by atoms with E-state index in [1.165, 1.54) is 0 Å². The van der Waals surface area contributed by atoms with Crippen LogP contribution in [0.4, 0.5) is 0 Å². The third-order valence-corrected chi connectivity index (χ3v) is 5.51. The molecule has 0 aromatic heterocycles. The Balaban J connectivity index is 2.41. The van der Waals surface area contributed by atoms with E-state index in [0.29, 0.717) is 11.5 Å². The second-order valence-electron chi connectivity index (χ2n) is 3.95. The smallest absolute Gasteiger partial charge is 0.214 e. The maximum atomic E-state index is 12.5. The van der Waals surface area contributed by atoms with Crippen LogP contribution in [0, 0.1) is 0 Å². The molecule has 0 spiro atoms. The van der Waals surface area contributed by atoms with Crippen molar-refractivity contribution in [3.8, 4) is 11.5 Å². The minimum Gasteiger partial charge on any atom is -0.453 e. The van der Waals surface area contributed by atoms with Crippen molar-refractivity contribution in [2.75, 3.05) is 0 Å². The molecule has 0 radical (unpaired) electrons. The normalized spacial score (nSPS) is 15.4. The van der Waals surface area contributed by atoms with Crippen LogP contribution in [-0.2, 0) is 9.84 Å². The lowest BCUT2D eigenvalue weighted by Crippen LogP contribution is -2.18. The number of rotatable bonds is 0. The molecule has 0 N–H and O–H groups in total. The number of benzene rings is 2. The molecule has 0 aliphatic carbocycles. The van der Waals surface area contributed by atoms with Crippen molar-refractivity contribution in [1.82, 2.24) is 0 Å². The van der Waals surface area contributed by atoms with Crippen LogP contribution >= 0.6 is 18.5 Å². The van der Waals surface area contributed by atoms with Gasteiger partial charge < -0.3 is 4.74 Å². The van der Waals surface area contributed by atoms with Gasteiger partial charge in [-0.2, -0.15) is 0 Å². The van der Waals surface area contributed by atoms with Crippen LogP contribution in [0.2, 0.25) is 0 Å². The molecular formula is C12H10O3P2S. The third-order valence-electron chi connectivity index (χ3n) is 2.80. The first kappa shape index (κ1) is 12.1. The largest absolute Gasteiger partial charge is 0.453 e. The average Bonchev–Trinajstić information content (AvgIpc) is 2.32. The minimum absolute atomic E-state index is 0.220. The Hall–Kier alpha value is -0.950. The zero-order chi connectivity index (χ0) is 12.9. The predicted molar refractivity (Wildman–Crippen MR) is 77.1 cm³/mol. The molecule has 0 saturated carbocycles. The second-order valence-corrected chi connectivity index (χ2v) is 7.09. The molecule has 18 heavy (non-hydrogen) atoms. The van der Waals surface area contributed by atoms with Crippen molar-refractivity contribution in [3.63, 3.8) is 0 Å². The molecule has 2 aromatic carbocycles. The van der Waals surface area contributed by atoms with Gasteiger partial charge in [0.05, 0.1) is 0 Å². The minimum atomic E-state index is -3.50. The maximum absolute atomic E-state index is 12.5. The van der Waals surface area contributed by atoms with E-state index in [0.717, 1.165) is 10.6 Å². The van der Waals surface area contributed by atoms with Crippen LogP contribution in [0.25, 0.3) is 0 Å². The van der Waals surface area contributed by atoms with Gasteiger partial charge in [-0.3, -0.25) is 0 Å². The fourth-order valence-electron chi connectivity index (χ4n) is 1.93. The summed E-state index contributed by atoms with van der Waals surface area (Å²) < 4.78 is 30.8. The number of hydrogen-bond acceptors (Lipinski definition) is 3. The summed E-state index contributed by atoms with van der Waals surface area (Å²) in [4.78, 5) is 0.441. The summed E-state index contributed by atoms with van der Waals surface area (Å²) in [5.74, 6) is 0.787. The molecular weight excluding hydrogens is 286 g/mol. The maximum Gasteiger partial charge on any atom is 0.214 e. The van der Waals surface area contributed by atoms with Crippen LogP contribution < -0.4 is 15.3 Å². The van der Waals surface area contributed by atoms with Gasteiger partial charge in [-0.15, -0.1) is 18.5 Å². The molecule has 2 atom stereocenters. The molecule has 1 heterocycles. The molecule has 92 valence electrons. The van der Waals surface area contributed by atoms with Gasteiger partial charge in [-0.1, -0.05) is 24.3 Å². The Labute approximate surface area is 110 Å². The monoisotopic (exact) mass is 296 g/mol. The van der Waals surface area contributed by atoms with Crippen molar-refractivity contribution < 1.29 is 13.2 Å². The number of para-hydroxylation sites is 2. The van der Waals surface area contributed by atoms with Crippen LogP contribution in [0.5, 0.6) is 11.5 Å². The van der Waals surface area contributed by atoms with Gasteiger partial charge >= 0.3 is 0 Å². The molecule has 0 bridgehead atoms. The molecule has 1 aliphatic rings. The number of ether oxygens (including phenoxy) is 1. The van der Waals surface area contributed by atoms with Gasteiger partial charge in [0.1, 0.15) is 9.79 Å². The molecule has 0 saturated heterocycles. The molecule has 0 amide bonds. The van der Waals surface area contributed by atoms with Crippen LogP contribution in [0.15, 0.2) is 46.2 Å². The number of fused-ring (bicyclic) bond motifs is 2. The molecule has 2 aromatic rings. The Bertz CT molecular complexity index is 696. The van der Waals surface area contributed by atoms with Gasteiger partial charge in [0, 0.05) is 10.6 Å². The fourth-order valence-corrected chi connectivity index (χ4v) is 4.35. The summed E-state index contributed by atoms with van der Waals surface area (Å²) in [5, 5.41) is 1.46. The van der Waals surface area contributed by atoms with Gasteiger partial charge in [-0.05, 0) is 12.1 Å². The van der Waals surface area contributed by atoms with Gasteiger partial charge in [-0.25, -0.2) is 8.42 Å². The van der Waals surface area contributed by atoms with Gasteiger partial charge in [0.15, 0.2) is 11.5 Å². The van der Waals surface area contributed by atoms with E-state index in [2.05, 4.69) is 18.5 Å². The van der Waals surface area contributed by atoms with E-state index < -0.39 is 9.84 Å². The first-order chi connectivity index (χ1) is 8.51. The highest BCUT2D eigenvalue weighted by Gasteiger charge is 2.32. The summed E-state index contributed by atoms with van der Waals surface area (Å²) in [7, 11) is 1.49. The lowest BCUT2D eigenvalue weighted by Gasteiger charge is -2.22. The number of hydrogen-bond donors (Lipinski definition) is 0. The number of sulfone groups is 1. The Kier molecular flexibility index (Phi) is 2.71. The third kappa shape index (κ3) is 1.60. The zero-order valence-corrected chi connectivity index (χ0v) is 12.4. The topological polar surface area (TPSA) is 43.4 Å². The lowest BCUT2D eigenvalue weighted by atomic mass is 10.3. The quantitative estimate of drug-likeness (QED) is 0.592. The van der Waals surface area contributed by atoms with Crippen molar-refractivity contribution in [2.45, 2.75) is 9.79 Å². The molecule has 3 rings (SSSR count). The molecule has 2 unspecified atom stereocenters. The highest BCUT2D eigenvalue weighted by molar-refractivity contribution is 7.91. The van der Waals surface area contributed by atoms with E-state index in [9.17, 15) is 8.42 Å². The highest BCUT2D eigenvalue weighted by Crippen LogP contribution is 2.41. The van der Waals surface area contributed by atoms with E-state index in [4.69, 9.17) is 4.74 Å². The highest BCUT2D eigenvalue weighted by atomic mass is 32.2. The van der Waals surface area contributed by atoms with E-state index in [-0.39, 0.29) is 9.79 Å². The average molecular weight is 296 g/mol. The van der Waals surface area contributed by atoms with Crippen molar-refractivity contribution in [3.05, 3.63) is 36.4 Å². The van der Waals surface area contributed by atoms with Crippen molar-refractivity contribution in [1.29, 1.82) is 0 Å². The molecule has 1 aliphatic heterocycles. The lowest BCUT2D eigenvalue weighted by molar-refractivity contribution is 0.451. The summed E-state index contributed by atoms with van der Waals surface area (Å²) in [5.41, 5.74) is 0. The van der Waals surface area contributed by atoms with Gasteiger partial charge in [0.2, 0.25) is 9.84 Å². The summed E-state index contributed by atoms with van der Waals surface area (Å²) in [6.07, 6.45) is 0. The van der Waals surface area contributed by atoms with E-state index in [1.54, 1.807) is 36.4 Å². The molecule has 0 fully saturated rings. The summed E-state index contributed by atoms with van der Waals surface area (Å²) >= 11 is 0. The summed E-state index contributed by atoms with van der Waals surface area (Å²) in [6, 6.07) is 10.1. The summed E-state index contributed by atoms with van der Waals surface area (Å²) in [6.45, 7) is 0.